The molecule has 1 aliphatic rings. The van der Waals surface area contributed by atoms with Crippen molar-refractivity contribution in [2.45, 2.75) is 25.3 Å². The van der Waals surface area contributed by atoms with Gasteiger partial charge in [0.25, 0.3) is 5.56 Å². The molecule has 1 aromatic heterocycles. The van der Waals surface area contributed by atoms with Gasteiger partial charge >= 0.3 is 0 Å². The number of nitrogens with one attached hydrogen (secondary N) is 3. The summed E-state index contributed by atoms with van der Waals surface area (Å²) in [6.45, 7) is 1.31. The monoisotopic (exact) mass is 337 g/mol. The smallest absolute Gasteiger partial charge is 0.261 e. The molecule has 0 radical (unpaired) electrons. The van der Waals surface area contributed by atoms with Crippen LogP contribution in [0.2, 0.25) is 0 Å². The molecule has 2 heterocycles. The van der Waals surface area contributed by atoms with E-state index in [2.05, 4.69) is 21.4 Å². The minimum absolute atomic E-state index is 0.0801. The maximum absolute atomic E-state index is 12.3. The lowest BCUT2D eigenvalue weighted by atomic mass is 10.1. The highest BCUT2D eigenvalue weighted by molar-refractivity contribution is 5.83. The Labute approximate surface area is 145 Å². The Morgan fingerprint density at radius 2 is 2.40 bits per heavy atom. The predicted molar refractivity (Wildman–Crippen MR) is 94.2 cm³/mol. The fraction of sp³-hybridized carbons (Fsp3) is 0.333. The Hall–Kier alpha value is -2.98. The number of nitriles is 1. The highest BCUT2D eigenvalue weighted by atomic mass is 16.5. The first kappa shape index (κ1) is 16.9. The molecule has 1 unspecified atom stereocenters. The van der Waals surface area contributed by atoms with Gasteiger partial charge in [-0.05, 0) is 30.5 Å². The van der Waals surface area contributed by atoms with Crippen LogP contribution in [-0.4, -0.2) is 35.4 Å². The van der Waals surface area contributed by atoms with E-state index in [1.165, 1.54) is 0 Å². The second-order valence-corrected chi connectivity index (χ2v) is 5.97. The molecule has 3 rings (SSSR count). The van der Waals surface area contributed by atoms with Crippen molar-refractivity contribution in [3.05, 3.63) is 57.1 Å². The normalized spacial score (nSPS) is 16.8. The van der Waals surface area contributed by atoms with E-state index in [1.54, 1.807) is 18.2 Å². The molecule has 1 fully saturated rings. The van der Waals surface area contributed by atoms with Crippen LogP contribution in [0, 0.1) is 16.7 Å². The number of anilines is 1. The first-order valence-corrected chi connectivity index (χ1v) is 8.16. The summed E-state index contributed by atoms with van der Waals surface area (Å²) >= 11 is 0. The average Bonchev–Trinajstić information content (AvgIpc) is 2.62. The number of hydrogen-bond donors (Lipinski definition) is 3. The third-order valence-electron chi connectivity index (χ3n) is 4.08. The van der Waals surface area contributed by atoms with Gasteiger partial charge in [-0.25, -0.2) is 4.98 Å². The van der Waals surface area contributed by atoms with Crippen molar-refractivity contribution in [2.75, 3.05) is 18.5 Å². The number of nitrogens with zero attached hydrogens (tertiary/aromatic N) is 2. The number of benzene rings is 1. The molecule has 0 aliphatic carbocycles. The lowest BCUT2D eigenvalue weighted by Crippen LogP contribution is -2.32. The Balaban J connectivity index is 1.88. The van der Waals surface area contributed by atoms with Crippen LogP contribution in [0.5, 0.6) is 0 Å². The predicted octanol–water partition coefficient (Wildman–Crippen LogP) is 1.82. The van der Waals surface area contributed by atoms with E-state index < -0.39 is 0 Å². The summed E-state index contributed by atoms with van der Waals surface area (Å²) in [5, 5.41) is 19.7. The Morgan fingerprint density at radius 3 is 3.12 bits per heavy atom. The van der Waals surface area contributed by atoms with Crippen molar-refractivity contribution in [1.82, 2.24) is 9.97 Å². The van der Waals surface area contributed by atoms with E-state index in [9.17, 15) is 4.79 Å². The zero-order valence-electron chi connectivity index (χ0n) is 13.7. The maximum Gasteiger partial charge on any atom is 0.261 e. The van der Waals surface area contributed by atoms with Crippen molar-refractivity contribution in [2.24, 2.45) is 0 Å². The van der Waals surface area contributed by atoms with Crippen molar-refractivity contribution in [1.29, 1.82) is 10.7 Å². The Kier molecular flexibility index (Phi) is 5.21. The topological polar surface area (TPSA) is 115 Å². The summed E-state index contributed by atoms with van der Waals surface area (Å²) in [5.74, 6) is 0.894. The highest BCUT2D eigenvalue weighted by Gasteiger charge is 2.17. The standard InChI is InChI=1S/C18H19N5O2/c19-9-13-4-1-3-12(7-13)8-16-22-17(15(10-20)18(24)23-16)21-14-5-2-6-25-11-14/h1,3-4,7,10,14,20H,2,5-6,8,11H2,(H2,21,22,23,24). The molecule has 7 heteroatoms. The molecular weight excluding hydrogens is 318 g/mol. The number of ether oxygens (including phenoxy) is 1. The summed E-state index contributed by atoms with van der Waals surface area (Å²) in [6.07, 6.45) is 3.30. The third-order valence-corrected chi connectivity index (χ3v) is 4.08. The minimum Gasteiger partial charge on any atom is -0.379 e. The van der Waals surface area contributed by atoms with Crippen molar-refractivity contribution >= 4 is 12.0 Å². The van der Waals surface area contributed by atoms with Crippen LogP contribution in [-0.2, 0) is 11.2 Å². The number of hydrogen-bond acceptors (Lipinski definition) is 6. The van der Waals surface area contributed by atoms with E-state index in [4.69, 9.17) is 15.4 Å². The molecule has 1 atom stereocenters. The maximum atomic E-state index is 12.3. The summed E-state index contributed by atoms with van der Waals surface area (Å²) < 4.78 is 5.45. The number of aromatic nitrogens is 2. The summed E-state index contributed by atoms with van der Waals surface area (Å²) in [6, 6.07) is 9.36. The fourth-order valence-corrected chi connectivity index (χ4v) is 2.85. The molecule has 7 nitrogen and oxygen atoms in total. The molecular formula is C18H19N5O2. The number of aromatic amines is 1. The van der Waals surface area contributed by atoms with E-state index in [0.29, 0.717) is 30.2 Å². The van der Waals surface area contributed by atoms with Crippen LogP contribution < -0.4 is 10.9 Å². The van der Waals surface area contributed by atoms with Gasteiger partial charge in [0, 0.05) is 19.2 Å². The van der Waals surface area contributed by atoms with E-state index in [0.717, 1.165) is 31.2 Å². The molecule has 1 saturated heterocycles. The molecule has 3 N–H and O–H groups in total. The van der Waals surface area contributed by atoms with Gasteiger partial charge in [0.05, 0.1) is 29.8 Å². The summed E-state index contributed by atoms with van der Waals surface area (Å²) in [4.78, 5) is 19.5. The van der Waals surface area contributed by atoms with Gasteiger partial charge in [-0.3, -0.25) is 4.79 Å². The molecule has 2 aromatic rings. The lowest BCUT2D eigenvalue weighted by molar-refractivity contribution is 0.0875. The van der Waals surface area contributed by atoms with Gasteiger partial charge in [-0.1, -0.05) is 12.1 Å². The van der Waals surface area contributed by atoms with Crippen LogP contribution in [0.1, 0.15) is 35.4 Å². The van der Waals surface area contributed by atoms with Gasteiger partial charge in [0.1, 0.15) is 11.6 Å². The molecule has 1 aromatic carbocycles. The molecule has 128 valence electrons. The second kappa shape index (κ2) is 7.73. The minimum atomic E-state index is -0.351. The SMILES string of the molecule is N#Cc1cccc(Cc2nc(NC3CCCOC3)c(C=N)c(=O)[nH]2)c1. The Morgan fingerprint density at radius 1 is 1.52 bits per heavy atom. The van der Waals surface area contributed by atoms with Gasteiger partial charge in [0.2, 0.25) is 0 Å². The van der Waals surface area contributed by atoms with Crippen LogP contribution >= 0.6 is 0 Å². The summed E-state index contributed by atoms with van der Waals surface area (Å²) in [5.41, 5.74) is 1.31. The van der Waals surface area contributed by atoms with Crippen molar-refractivity contribution in [3.8, 4) is 6.07 Å². The Bertz CT molecular complexity index is 863. The fourth-order valence-electron chi connectivity index (χ4n) is 2.85. The molecule has 25 heavy (non-hydrogen) atoms. The number of rotatable bonds is 5. The van der Waals surface area contributed by atoms with Gasteiger partial charge in [-0.2, -0.15) is 5.26 Å². The number of H-pyrrole nitrogens is 1. The first-order chi connectivity index (χ1) is 12.2. The lowest BCUT2D eigenvalue weighted by Gasteiger charge is -2.24. The van der Waals surface area contributed by atoms with Crippen LogP contribution in [0.25, 0.3) is 0 Å². The molecule has 1 aliphatic heterocycles. The molecule has 0 bridgehead atoms. The molecule has 0 spiro atoms. The van der Waals surface area contributed by atoms with Gasteiger partial charge in [-0.15, -0.1) is 0 Å². The second-order valence-electron chi connectivity index (χ2n) is 5.97. The quantitative estimate of drug-likeness (QED) is 0.720. The van der Waals surface area contributed by atoms with Crippen LogP contribution in [0.15, 0.2) is 29.1 Å². The largest absolute Gasteiger partial charge is 0.379 e. The van der Waals surface area contributed by atoms with E-state index >= 15 is 0 Å². The third kappa shape index (κ3) is 4.11. The van der Waals surface area contributed by atoms with Crippen molar-refractivity contribution < 1.29 is 4.74 Å². The zero-order valence-corrected chi connectivity index (χ0v) is 13.7. The summed E-state index contributed by atoms with van der Waals surface area (Å²) in [7, 11) is 0. The molecule has 0 saturated carbocycles. The van der Waals surface area contributed by atoms with Crippen LogP contribution in [0.3, 0.4) is 0 Å². The van der Waals surface area contributed by atoms with E-state index in [-0.39, 0.29) is 17.2 Å². The van der Waals surface area contributed by atoms with Gasteiger partial charge in [0.15, 0.2) is 0 Å². The van der Waals surface area contributed by atoms with Gasteiger partial charge < -0.3 is 20.4 Å². The van der Waals surface area contributed by atoms with Crippen molar-refractivity contribution in [3.63, 3.8) is 0 Å². The highest BCUT2D eigenvalue weighted by Crippen LogP contribution is 2.15. The first-order valence-electron chi connectivity index (χ1n) is 8.16. The zero-order chi connectivity index (χ0) is 17.6. The van der Waals surface area contributed by atoms with Crippen LogP contribution in [0.4, 0.5) is 5.82 Å². The molecule has 0 amide bonds. The average molecular weight is 337 g/mol. The van der Waals surface area contributed by atoms with E-state index in [1.807, 2.05) is 6.07 Å².